The summed E-state index contributed by atoms with van der Waals surface area (Å²) in [7, 11) is 0. The van der Waals surface area contributed by atoms with Crippen molar-refractivity contribution in [3.63, 3.8) is 0 Å². The predicted molar refractivity (Wildman–Crippen MR) is 62.8 cm³/mol. The topological polar surface area (TPSA) is 15.3 Å². The van der Waals surface area contributed by atoms with E-state index in [4.69, 9.17) is 0 Å². The van der Waals surface area contributed by atoms with Crippen molar-refractivity contribution >= 4 is 5.69 Å². The van der Waals surface area contributed by atoms with Crippen LogP contribution in [0.15, 0.2) is 24.3 Å². The molecule has 0 aliphatic carbocycles. The molecule has 0 aromatic heterocycles. The van der Waals surface area contributed by atoms with Crippen LogP contribution in [0.25, 0.3) is 0 Å². The molecule has 0 amide bonds. The fourth-order valence-corrected chi connectivity index (χ4v) is 2.79. The third-order valence-electron chi connectivity index (χ3n) is 3.69. The molecule has 0 radical (unpaired) electrons. The maximum absolute atomic E-state index is 3.63. The summed E-state index contributed by atoms with van der Waals surface area (Å²) in [6, 6.07) is 8.78. The van der Waals surface area contributed by atoms with E-state index in [0.29, 0.717) is 6.17 Å². The summed E-state index contributed by atoms with van der Waals surface area (Å²) in [5, 5.41) is 3.63. The molecule has 1 fully saturated rings. The summed E-state index contributed by atoms with van der Waals surface area (Å²) >= 11 is 0. The van der Waals surface area contributed by atoms with Crippen LogP contribution in [0.4, 0.5) is 5.69 Å². The Bertz CT molecular complexity index is 361. The van der Waals surface area contributed by atoms with Crippen molar-refractivity contribution in [3.8, 4) is 0 Å². The lowest BCUT2D eigenvalue weighted by Gasteiger charge is -2.44. The molecule has 0 saturated carbocycles. The SMILES string of the molecule is CC1CCN2c3ccccc3CNC2C1. The molecule has 1 N–H and O–H groups in total. The fraction of sp³-hybridized carbons (Fsp3) is 0.538. The van der Waals surface area contributed by atoms with Gasteiger partial charge in [0.15, 0.2) is 0 Å². The second-order valence-corrected chi connectivity index (χ2v) is 4.85. The van der Waals surface area contributed by atoms with Gasteiger partial charge in [-0.1, -0.05) is 25.1 Å². The second kappa shape index (κ2) is 3.53. The van der Waals surface area contributed by atoms with Crippen LogP contribution in [0.5, 0.6) is 0 Å². The number of para-hydroxylation sites is 1. The highest BCUT2D eigenvalue weighted by Gasteiger charge is 2.30. The molecule has 2 atom stereocenters. The number of piperidine rings is 1. The number of fused-ring (bicyclic) bond motifs is 3. The highest BCUT2D eigenvalue weighted by atomic mass is 15.3. The van der Waals surface area contributed by atoms with Crippen LogP contribution in [0.3, 0.4) is 0 Å². The Balaban J connectivity index is 1.93. The molecular weight excluding hydrogens is 184 g/mol. The molecule has 2 unspecified atom stereocenters. The lowest BCUT2D eigenvalue weighted by atomic mass is 9.93. The van der Waals surface area contributed by atoms with E-state index in [1.54, 1.807) is 0 Å². The predicted octanol–water partition coefficient (Wildman–Crippen LogP) is 2.35. The summed E-state index contributed by atoms with van der Waals surface area (Å²) in [6.07, 6.45) is 3.18. The van der Waals surface area contributed by atoms with Crippen LogP contribution in [0, 0.1) is 5.92 Å². The van der Waals surface area contributed by atoms with Crippen LogP contribution < -0.4 is 10.2 Å². The van der Waals surface area contributed by atoms with Crippen LogP contribution in [-0.4, -0.2) is 12.7 Å². The Morgan fingerprint density at radius 1 is 1.33 bits per heavy atom. The molecular formula is C13H18N2. The fourth-order valence-electron chi connectivity index (χ4n) is 2.79. The van der Waals surface area contributed by atoms with Crippen LogP contribution in [0.1, 0.15) is 25.3 Å². The van der Waals surface area contributed by atoms with E-state index < -0.39 is 0 Å². The largest absolute Gasteiger partial charge is 0.356 e. The summed E-state index contributed by atoms with van der Waals surface area (Å²) < 4.78 is 0. The van der Waals surface area contributed by atoms with Gasteiger partial charge in [-0.25, -0.2) is 0 Å². The van der Waals surface area contributed by atoms with Crippen molar-refractivity contribution in [2.45, 2.75) is 32.5 Å². The molecule has 0 spiro atoms. The lowest BCUT2D eigenvalue weighted by molar-refractivity contribution is 0.311. The van der Waals surface area contributed by atoms with Crippen molar-refractivity contribution in [3.05, 3.63) is 29.8 Å². The Morgan fingerprint density at radius 3 is 3.13 bits per heavy atom. The number of rotatable bonds is 0. The third-order valence-corrected chi connectivity index (χ3v) is 3.69. The number of anilines is 1. The van der Waals surface area contributed by atoms with Crippen molar-refractivity contribution < 1.29 is 0 Å². The average molecular weight is 202 g/mol. The van der Waals surface area contributed by atoms with E-state index in [0.717, 1.165) is 12.5 Å². The molecule has 2 heterocycles. The van der Waals surface area contributed by atoms with Crippen LogP contribution in [0.2, 0.25) is 0 Å². The van der Waals surface area contributed by atoms with Crippen LogP contribution in [-0.2, 0) is 6.54 Å². The molecule has 2 heteroatoms. The maximum Gasteiger partial charge on any atom is 0.0801 e. The molecule has 1 aromatic carbocycles. The molecule has 80 valence electrons. The minimum atomic E-state index is 0.573. The summed E-state index contributed by atoms with van der Waals surface area (Å²) in [5.74, 6) is 0.865. The van der Waals surface area contributed by atoms with Gasteiger partial charge in [-0.05, 0) is 30.4 Å². The summed E-state index contributed by atoms with van der Waals surface area (Å²) in [4.78, 5) is 2.54. The Hall–Kier alpha value is -1.02. The Morgan fingerprint density at radius 2 is 2.20 bits per heavy atom. The van der Waals surface area contributed by atoms with Crippen molar-refractivity contribution in [1.29, 1.82) is 0 Å². The minimum Gasteiger partial charge on any atom is -0.356 e. The van der Waals surface area contributed by atoms with E-state index in [1.807, 2.05) is 0 Å². The minimum absolute atomic E-state index is 0.573. The summed E-state index contributed by atoms with van der Waals surface area (Å²) in [5.41, 5.74) is 2.90. The van der Waals surface area contributed by atoms with Gasteiger partial charge in [-0.3, -0.25) is 5.32 Å². The van der Waals surface area contributed by atoms with Gasteiger partial charge in [0, 0.05) is 18.8 Å². The quantitative estimate of drug-likeness (QED) is 0.694. The van der Waals surface area contributed by atoms with Gasteiger partial charge in [-0.15, -0.1) is 0 Å². The van der Waals surface area contributed by atoms with E-state index in [-0.39, 0.29) is 0 Å². The van der Waals surface area contributed by atoms with Crippen molar-refractivity contribution in [2.24, 2.45) is 5.92 Å². The molecule has 15 heavy (non-hydrogen) atoms. The van der Waals surface area contributed by atoms with Crippen molar-refractivity contribution in [1.82, 2.24) is 5.32 Å². The molecule has 0 bridgehead atoms. The standard InChI is InChI=1S/C13H18N2/c1-10-6-7-15-12-5-3-2-4-11(12)9-14-13(15)8-10/h2-5,10,13-14H,6-9H2,1H3. The molecule has 1 saturated heterocycles. The highest BCUT2D eigenvalue weighted by Crippen LogP contribution is 2.32. The van der Waals surface area contributed by atoms with E-state index in [1.165, 1.54) is 30.6 Å². The first-order valence-corrected chi connectivity index (χ1v) is 5.92. The first-order valence-electron chi connectivity index (χ1n) is 5.92. The summed E-state index contributed by atoms with van der Waals surface area (Å²) in [6.45, 7) is 4.60. The monoisotopic (exact) mass is 202 g/mol. The number of nitrogens with one attached hydrogen (secondary N) is 1. The molecule has 2 nitrogen and oxygen atoms in total. The Kier molecular flexibility index (Phi) is 2.17. The van der Waals surface area contributed by atoms with E-state index in [9.17, 15) is 0 Å². The van der Waals surface area contributed by atoms with Crippen molar-refractivity contribution in [2.75, 3.05) is 11.4 Å². The zero-order chi connectivity index (χ0) is 10.3. The van der Waals surface area contributed by atoms with Crippen LogP contribution >= 0.6 is 0 Å². The van der Waals surface area contributed by atoms with Gasteiger partial charge >= 0.3 is 0 Å². The zero-order valence-corrected chi connectivity index (χ0v) is 9.24. The number of hydrogen-bond donors (Lipinski definition) is 1. The van der Waals surface area contributed by atoms with Gasteiger partial charge in [0.05, 0.1) is 6.17 Å². The second-order valence-electron chi connectivity index (χ2n) is 4.85. The molecule has 1 aromatic rings. The molecule has 2 aliphatic rings. The number of benzene rings is 1. The Labute approximate surface area is 91.3 Å². The van der Waals surface area contributed by atoms with E-state index >= 15 is 0 Å². The maximum atomic E-state index is 3.63. The van der Waals surface area contributed by atoms with Gasteiger partial charge in [0.1, 0.15) is 0 Å². The third kappa shape index (κ3) is 1.53. The van der Waals surface area contributed by atoms with Gasteiger partial charge in [0.25, 0.3) is 0 Å². The van der Waals surface area contributed by atoms with Gasteiger partial charge < -0.3 is 4.90 Å². The smallest absolute Gasteiger partial charge is 0.0801 e. The lowest BCUT2D eigenvalue weighted by Crippen LogP contribution is -2.53. The molecule has 2 aliphatic heterocycles. The first-order chi connectivity index (χ1) is 7.34. The normalized spacial score (nSPS) is 29.5. The van der Waals surface area contributed by atoms with E-state index in [2.05, 4.69) is 41.4 Å². The highest BCUT2D eigenvalue weighted by molar-refractivity contribution is 5.56. The van der Waals surface area contributed by atoms with Gasteiger partial charge in [0.2, 0.25) is 0 Å². The van der Waals surface area contributed by atoms with Gasteiger partial charge in [-0.2, -0.15) is 0 Å². The average Bonchev–Trinajstić information content (AvgIpc) is 2.28. The molecule has 3 rings (SSSR count). The number of hydrogen-bond acceptors (Lipinski definition) is 2. The zero-order valence-electron chi connectivity index (χ0n) is 9.24. The first kappa shape index (κ1) is 9.22. The number of nitrogens with zero attached hydrogens (tertiary/aromatic N) is 1.